The van der Waals surface area contributed by atoms with E-state index in [-0.39, 0.29) is 17.8 Å². The number of hydrogen-bond donors (Lipinski definition) is 2. The standard InChI is InChI=1S/C22H21F2N10O/c1-14(22(35,10-33-13-27-12-29-33)17-3-2-15(23)6-18(17)24)32-4-5-34-20(9-32)21(30-31-34)16-8-26-11-28-19(16)7-25/h2-3,6,8,11-14,21,35H,4-5,9-10H2,1H3/q+1/p+1/t14-,21?,22-/m1/s1. The molecule has 4 heterocycles. The van der Waals surface area contributed by atoms with Crippen molar-refractivity contribution in [3.05, 3.63) is 71.8 Å². The van der Waals surface area contributed by atoms with Crippen LogP contribution >= 0.6 is 0 Å². The number of nitriles is 1. The Morgan fingerprint density at radius 2 is 2.23 bits per heavy atom. The van der Waals surface area contributed by atoms with Gasteiger partial charge < -0.3 is 5.11 Å². The van der Waals surface area contributed by atoms with E-state index in [1.54, 1.807) is 17.8 Å². The maximum absolute atomic E-state index is 14.9. The summed E-state index contributed by atoms with van der Waals surface area (Å²) in [7, 11) is 0. The van der Waals surface area contributed by atoms with Gasteiger partial charge in [0.05, 0.1) is 12.1 Å². The van der Waals surface area contributed by atoms with Gasteiger partial charge in [-0.1, -0.05) is 6.07 Å². The molecular weight excluding hydrogens is 458 g/mol. The molecule has 5 rings (SSSR count). The molecule has 35 heavy (non-hydrogen) atoms. The minimum atomic E-state index is -1.74. The maximum atomic E-state index is 14.9. The van der Waals surface area contributed by atoms with Crippen LogP contribution in [-0.2, 0) is 12.1 Å². The highest BCUT2D eigenvalue weighted by molar-refractivity contribution is 5.89. The van der Waals surface area contributed by atoms with Crippen molar-refractivity contribution in [2.24, 2.45) is 10.3 Å². The van der Waals surface area contributed by atoms with Crippen molar-refractivity contribution in [1.82, 2.24) is 25.0 Å². The third kappa shape index (κ3) is 4.07. The van der Waals surface area contributed by atoms with Gasteiger partial charge in [0, 0.05) is 35.5 Å². The molecule has 0 fully saturated rings. The minimum Gasteiger partial charge on any atom is -0.379 e. The van der Waals surface area contributed by atoms with Crippen LogP contribution in [0.2, 0.25) is 0 Å². The highest BCUT2D eigenvalue weighted by atomic mass is 19.1. The summed E-state index contributed by atoms with van der Waals surface area (Å²) in [5.41, 5.74) is -0.219. The van der Waals surface area contributed by atoms with E-state index in [1.807, 2.05) is 4.90 Å². The van der Waals surface area contributed by atoms with Gasteiger partial charge in [0.25, 0.3) is 6.04 Å². The summed E-state index contributed by atoms with van der Waals surface area (Å²) in [5, 5.41) is 32.9. The largest absolute Gasteiger partial charge is 0.379 e. The first-order valence-corrected chi connectivity index (χ1v) is 10.9. The number of aromatic nitrogens is 5. The number of nitrogens with one attached hydrogen (secondary N) is 1. The average molecular weight is 480 g/mol. The van der Waals surface area contributed by atoms with Crippen LogP contribution in [0.25, 0.3) is 0 Å². The fourth-order valence-corrected chi connectivity index (χ4v) is 4.64. The fourth-order valence-electron chi connectivity index (χ4n) is 4.64. The van der Waals surface area contributed by atoms with Crippen molar-refractivity contribution < 1.29 is 23.3 Å². The molecule has 2 aliphatic heterocycles. The normalized spacial score (nSPS) is 20.4. The summed E-state index contributed by atoms with van der Waals surface area (Å²) in [6.45, 7) is 3.08. The number of benzene rings is 1. The lowest BCUT2D eigenvalue weighted by molar-refractivity contribution is -0.765. The summed E-state index contributed by atoms with van der Waals surface area (Å²) in [5.74, 6) is -1.57. The number of halogens is 2. The smallest absolute Gasteiger partial charge is 0.306 e. The molecule has 0 aliphatic carbocycles. The molecule has 1 unspecified atom stereocenters. The van der Waals surface area contributed by atoms with E-state index in [1.165, 1.54) is 29.7 Å². The predicted molar refractivity (Wildman–Crippen MR) is 115 cm³/mol. The molecule has 0 bridgehead atoms. The maximum Gasteiger partial charge on any atom is 0.306 e. The molecule has 0 amide bonds. The molecule has 0 radical (unpaired) electrons. The summed E-state index contributed by atoms with van der Waals surface area (Å²) in [6, 6.07) is 4.07. The van der Waals surface area contributed by atoms with Crippen molar-refractivity contribution >= 4 is 5.71 Å². The molecule has 178 valence electrons. The zero-order valence-electron chi connectivity index (χ0n) is 18.8. The summed E-state index contributed by atoms with van der Waals surface area (Å²) < 4.78 is 31.9. The Morgan fingerprint density at radius 1 is 1.37 bits per heavy atom. The fraction of sp³-hybridized carbons (Fsp3) is 0.364. The molecule has 2 N–H and O–H groups in total. The SMILES string of the molecule is C[C@@H](N1CC[N+]2=C(C1)C(c1cncnc1C#N)N=N2)[C@](O)(C[n+]1cnc[nH]1)c1ccc(F)cc1F. The lowest BCUT2D eigenvalue weighted by Crippen LogP contribution is -2.60. The lowest BCUT2D eigenvalue weighted by Gasteiger charge is -2.41. The monoisotopic (exact) mass is 480 g/mol. The van der Waals surface area contributed by atoms with E-state index in [4.69, 9.17) is 0 Å². The van der Waals surface area contributed by atoms with Crippen LogP contribution in [-0.4, -0.2) is 66.1 Å². The van der Waals surface area contributed by atoms with Gasteiger partial charge in [-0.05, 0) is 18.0 Å². The van der Waals surface area contributed by atoms with Crippen LogP contribution in [0.4, 0.5) is 8.78 Å². The van der Waals surface area contributed by atoms with Crippen LogP contribution in [0.5, 0.6) is 0 Å². The molecule has 11 nitrogen and oxygen atoms in total. The number of hydrogen-bond acceptors (Lipinski definition) is 8. The molecule has 3 aromatic rings. The quantitative estimate of drug-likeness (QED) is 0.502. The highest BCUT2D eigenvalue weighted by Crippen LogP contribution is 2.34. The van der Waals surface area contributed by atoms with Crippen LogP contribution in [0.15, 0.2) is 53.7 Å². The Morgan fingerprint density at radius 3 is 2.97 bits per heavy atom. The van der Waals surface area contributed by atoms with Gasteiger partial charge in [0.1, 0.15) is 47.9 Å². The second-order valence-electron chi connectivity index (χ2n) is 8.51. The van der Waals surface area contributed by atoms with E-state index in [9.17, 15) is 19.1 Å². The van der Waals surface area contributed by atoms with Crippen molar-refractivity contribution in [2.45, 2.75) is 31.2 Å². The molecule has 1 aromatic carbocycles. The van der Waals surface area contributed by atoms with Gasteiger partial charge >= 0.3 is 6.33 Å². The zero-order valence-corrected chi connectivity index (χ0v) is 18.8. The van der Waals surface area contributed by atoms with Gasteiger partial charge in [0.2, 0.25) is 6.33 Å². The summed E-state index contributed by atoms with van der Waals surface area (Å²) >= 11 is 0. The topological polar surface area (TPSA) is 133 Å². The molecule has 2 aromatic heterocycles. The average Bonchev–Trinajstić information content (AvgIpc) is 3.52. The van der Waals surface area contributed by atoms with Crippen molar-refractivity contribution in [2.75, 3.05) is 19.6 Å². The van der Waals surface area contributed by atoms with Gasteiger partial charge in [-0.15, -0.1) is 4.68 Å². The minimum absolute atomic E-state index is 0.0264. The van der Waals surface area contributed by atoms with Gasteiger partial charge in [-0.2, -0.15) is 15.0 Å². The molecule has 2 aliphatic rings. The Hall–Kier alpha value is -4.02. The summed E-state index contributed by atoms with van der Waals surface area (Å²) in [4.78, 5) is 14.0. The number of aliphatic hydroxyl groups is 1. The van der Waals surface area contributed by atoms with Crippen LogP contribution in [0.3, 0.4) is 0 Å². The third-order valence-electron chi connectivity index (χ3n) is 6.58. The first-order valence-electron chi connectivity index (χ1n) is 10.9. The predicted octanol–water partition coefficient (Wildman–Crippen LogP) is 0.805. The van der Waals surface area contributed by atoms with Crippen molar-refractivity contribution in [3.8, 4) is 6.07 Å². The van der Waals surface area contributed by atoms with Gasteiger partial charge in [-0.3, -0.25) is 4.90 Å². The van der Waals surface area contributed by atoms with Crippen LogP contribution in [0.1, 0.15) is 29.8 Å². The van der Waals surface area contributed by atoms with Crippen molar-refractivity contribution in [1.29, 1.82) is 5.26 Å². The second-order valence-corrected chi connectivity index (χ2v) is 8.51. The zero-order chi connectivity index (χ0) is 24.6. The number of rotatable bonds is 6. The number of aromatic amines is 1. The molecule has 0 saturated carbocycles. The molecule has 0 saturated heterocycles. The Balaban J connectivity index is 1.48. The molecule has 0 spiro atoms. The Kier molecular flexibility index (Phi) is 5.83. The summed E-state index contributed by atoms with van der Waals surface area (Å²) in [6.07, 6.45) is 5.78. The lowest BCUT2D eigenvalue weighted by atomic mass is 9.85. The first kappa shape index (κ1) is 22.8. The molecule has 3 atom stereocenters. The Labute approximate surface area is 198 Å². The van der Waals surface area contributed by atoms with E-state index in [0.717, 1.165) is 17.8 Å². The van der Waals surface area contributed by atoms with Crippen LogP contribution < -0.4 is 4.68 Å². The third-order valence-corrected chi connectivity index (χ3v) is 6.58. The van der Waals surface area contributed by atoms with Crippen LogP contribution in [0, 0.1) is 23.0 Å². The molecular formula is C22H22F2N10O+2. The highest BCUT2D eigenvalue weighted by Gasteiger charge is 2.48. The van der Waals surface area contributed by atoms with Crippen molar-refractivity contribution in [3.63, 3.8) is 0 Å². The first-order chi connectivity index (χ1) is 16.9. The number of nitrogens with zero attached hydrogens (tertiary/aromatic N) is 9. The van der Waals surface area contributed by atoms with E-state index in [0.29, 0.717) is 25.2 Å². The van der Waals surface area contributed by atoms with Gasteiger partial charge in [0.15, 0.2) is 11.4 Å². The van der Waals surface area contributed by atoms with E-state index < -0.39 is 29.3 Å². The van der Waals surface area contributed by atoms with E-state index in [2.05, 4.69) is 36.5 Å². The number of H-pyrrole nitrogens is 1. The van der Waals surface area contributed by atoms with E-state index >= 15 is 0 Å². The van der Waals surface area contributed by atoms with Gasteiger partial charge in [-0.25, -0.2) is 18.7 Å². The second kappa shape index (κ2) is 8.97. The Bertz CT molecular complexity index is 1350. The molecule has 13 heteroatoms.